The van der Waals surface area contributed by atoms with Gasteiger partial charge in [-0.3, -0.25) is 57.5 Å². The largest absolute Gasteiger partial charge is 0.450 e. The van der Waals surface area contributed by atoms with Crippen LogP contribution in [0, 0.1) is 29.6 Å². The number of benzene rings is 1. The summed E-state index contributed by atoms with van der Waals surface area (Å²) >= 11 is 0. The van der Waals surface area contributed by atoms with Gasteiger partial charge in [-0.1, -0.05) is 112 Å². The molecule has 28 heteroatoms. The number of aliphatic hydroxyl groups is 2. The van der Waals surface area contributed by atoms with Crippen molar-refractivity contribution in [3.05, 3.63) is 35.9 Å². The number of likely N-dealkylation sites (N-methyl/N-ethyl adjacent to an activating group) is 5. The van der Waals surface area contributed by atoms with Gasteiger partial charge in [-0.25, -0.2) is 4.79 Å². The van der Waals surface area contributed by atoms with Crippen molar-refractivity contribution in [1.29, 1.82) is 0 Å². The number of hydrogen-bond acceptors (Lipinski definition) is 16. The van der Waals surface area contributed by atoms with Crippen molar-refractivity contribution in [1.82, 2.24) is 60.0 Å². The van der Waals surface area contributed by atoms with Crippen LogP contribution in [0.5, 0.6) is 0 Å². The zero-order chi connectivity index (χ0) is 76.2. The van der Waals surface area contributed by atoms with Crippen LogP contribution < -0.4 is 16.0 Å². The van der Waals surface area contributed by atoms with E-state index in [0.29, 0.717) is 56.9 Å². The number of amides is 12. The molecule has 0 bridgehead atoms. The molecule has 5 aliphatic heterocycles. The molecular weight excluding hydrogens is 1310 g/mol. The zero-order valence-corrected chi connectivity index (χ0v) is 63.6. The maximum atomic E-state index is 15.5. The van der Waals surface area contributed by atoms with E-state index in [2.05, 4.69) is 16.0 Å². The second-order valence-corrected chi connectivity index (χ2v) is 30.2. The van der Waals surface area contributed by atoms with Gasteiger partial charge in [0.2, 0.25) is 65.0 Å². The monoisotopic (exact) mass is 1430 g/mol. The van der Waals surface area contributed by atoms with Crippen molar-refractivity contribution < 1.29 is 77.3 Å². The second-order valence-electron chi connectivity index (χ2n) is 30.2. The first-order valence-corrected chi connectivity index (χ1v) is 37.0. The number of esters is 1. The number of nitrogens with zero attached hydrogens (tertiary/aromatic N) is 9. The van der Waals surface area contributed by atoms with Crippen molar-refractivity contribution in [2.75, 3.05) is 61.4 Å². The van der Waals surface area contributed by atoms with Gasteiger partial charge in [-0.2, -0.15) is 0 Å². The van der Waals surface area contributed by atoms with E-state index in [1.807, 2.05) is 13.8 Å². The van der Waals surface area contributed by atoms with Crippen LogP contribution in [0.4, 0.5) is 0 Å². The lowest BCUT2D eigenvalue weighted by Gasteiger charge is -2.43. The minimum atomic E-state index is -1.67. The quantitative estimate of drug-likeness (QED) is 0.199. The molecule has 102 heavy (non-hydrogen) atoms. The Balaban J connectivity index is 1.43. The topological polar surface area (TPSA) is 337 Å². The Morgan fingerprint density at radius 3 is 1.34 bits per heavy atom. The zero-order valence-electron chi connectivity index (χ0n) is 63.6. The first-order chi connectivity index (χ1) is 48.0. The number of carbonyl (C=O) groups excluding carboxylic acids is 13. The molecule has 0 unspecified atom stereocenters. The molecule has 0 spiro atoms. The summed E-state index contributed by atoms with van der Waals surface area (Å²) in [5.74, 6) is -12.2. The summed E-state index contributed by atoms with van der Waals surface area (Å²) in [4.78, 5) is 206. The summed E-state index contributed by atoms with van der Waals surface area (Å²) in [6.45, 7) is 21.9. The first kappa shape index (κ1) is 83.2. The number of fused-ring (bicyclic) bond motifs is 4. The SMILES string of the molecule is CC[C@H](C)[C@@H]1NC(=O)[C@@H]2CCCN2C(=O)[C@H](C(C)C)N(C)C(=O)[C@@H](Cc2ccccc2)OC(=O)[C@@H]2CCCCN2C(=O)[C@H]([C@@H](C)CC)N(C)C(=O)[C@H](C(C)C)N(C)C(=O)[C@H]([C@H](C)O)N(C)C(=O)[C@H](C(C)C)NC(=O)[C@H]([C@H](C)O)N(C)C(=O)[C@@H]2CCCN2C(=O)[C@H](C)NC(=O)[C@@H]2CCCCN2C1=O. The number of ether oxygens (including phenoxy) is 1. The average Bonchev–Trinajstić information content (AvgIpc) is 1.18. The summed E-state index contributed by atoms with van der Waals surface area (Å²) < 4.78 is 6.33. The molecule has 12 amide bonds. The van der Waals surface area contributed by atoms with Crippen LogP contribution in [0.25, 0.3) is 0 Å². The molecule has 17 atom stereocenters. The van der Waals surface area contributed by atoms with Gasteiger partial charge in [-0.15, -0.1) is 0 Å². The van der Waals surface area contributed by atoms with Gasteiger partial charge in [0.05, 0.1) is 12.2 Å². The van der Waals surface area contributed by atoms with Crippen LogP contribution >= 0.6 is 0 Å². The van der Waals surface area contributed by atoms with Crippen LogP contribution in [0.2, 0.25) is 0 Å². The number of piperidine rings is 2. The summed E-state index contributed by atoms with van der Waals surface area (Å²) in [5.41, 5.74) is 0.621. The molecule has 1 aromatic rings. The smallest absolute Gasteiger partial charge is 0.329 e. The van der Waals surface area contributed by atoms with E-state index in [1.54, 1.807) is 85.7 Å². The molecule has 5 saturated heterocycles. The molecule has 570 valence electrons. The maximum Gasteiger partial charge on any atom is 0.329 e. The van der Waals surface area contributed by atoms with E-state index in [4.69, 9.17) is 4.74 Å². The Kier molecular flexibility index (Phi) is 29.9. The fourth-order valence-corrected chi connectivity index (χ4v) is 15.6. The molecule has 5 heterocycles. The minimum Gasteiger partial charge on any atom is -0.450 e. The highest BCUT2D eigenvalue weighted by Gasteiger charge is 2.50. The Hall–Kier alpha value is -7.75. The van der Waals surface area contributed by atoms with Crippen LogP contribution in [-0.4, -0.2) is 283 Å². The van der Waals surface area contributed by atoms with Gasteiger partial charge < -0.3 is 75.0 Å². The molecule has 5 aliphatic rings. The lowest BCUT2D eigenvalue weighted by molar-refractivity contribution is -0.171. The molecule has 1 aromatic carbocycles. The summed E-state index contributed by atoms with van der Waals surface area (Å²) in [6.07, 6.45) is -0.392. The Morgan fingerprint density at radius 2 is 0.814 bits per heavy atom. The lowest BCUT2D eigenvalue weighted by atomic mass is 9.92. The predicted molar refractivity (Wildman–Crippen MR) is 379 cm³/mol. The number of carbonyl (C=O) groups is 13. The van der Waals surface area contributed by atoms with E-state index < -0.39 is 197 Å². The number of cyclic esters (lactones) is 1. The van der Waals surface area contributed by atoms with E-state index in [0.717, 1.165) is 14.7 Å². The number of nitrogens with one attached hydrogen (secondary N) is 3. The fraction of sp³-hybridized carbons (Fsp3) is 0.743. The third-order valence-electron chi connectivity index (χ3n) is 21.8. The summed E-state index contributed by atoms with van der Waals surface area (Å²) in [5, 5.41) is 31.2. The van der Waals surface area contributed by atoms with Crippen molar-refractivity contribution in [3.63, 3.8) is 0 Å². The van der Waals surface area contributed by atoms with Crippen LogP contribution in [0.3, 0.4) is 0 Å². The predicted octanol–water partition coefficient (Wildman–Crippen LogP) is 2.33. The van der Waals surface area contributed by atoms with Crippen molar-refractivity contribution >= 4 is 76.9 Å². The molecule has 28 nitrogen and oxygen atoms in total. The van der Waals surface area contributed by atoms with Crippen molar-refractivity contribution in [2.45, 2.75) is 264 Å². The third kappa shape index (κ3) is 18.8. The number of rotatable bonds is 11. The standard InChI is InChI=1S/C74H118N12O16/c1-19-44(9)56-69(96)83-36-26-24-32-50(83)62(89)75-46(11)65(92)85-39-29-35-52(85)66(93)81(17)60(47(12)87)64(91)76-55(41(3)4)68(95)82(18)61(48(13)88)71(98)79(15)57(42(5)6)70(97)80(16)59(45(10)20-2)73(100)86-37-27-25-33-53(86)74(101)102-54(40-49-30-22-21-23-31-49)67(94)78(14)58(43(7)8)72(99)84-38-28-34-51(84)63(90)77-56/h21-23,30-31,41-48,50-61,87-88H,19-20,24-29,32-40H2,1-18H3,(H,75,89)(H,76,91)(H,77,90)/t44-,45-,46-,47-,48-,50-,51-,52-,53-,54+,55-,56-,57-,58-,59-,60-,61-/m0/s1. The molecular formula is C74H118N12O16. The number of hydrogen-bond donors (Lipinski definition) is 5. The Bertz CT molecular complexity index is 3170. The molecule has 5 fully saturated rings. The van der Waals surface area contributed by atoms with E-state index in [1.165, 1.54) is 85.4 Å². The van der Waals surface area contributed by atoms with E-state index in [-0.39, 0.29) is 58.3 Å². The van der Waals surface area contributed by atoms with Crippen LogP contribution in [0.1, 0.15) is 173 Å². The molecule has 0 saturated carbocycles. The summed E-state index contributed by atoms with van der Waals surface area (Å²) in [6, 6.07) is -6.56. The van der Waals surface area contributed by atoms with E-state index in [9.17, 15) is 39.0 Å². The molecule has 0 aliphatic carbocycles. The first-order valence-electron chi connectivity index (χ1n) is 37.0. The highest BCUT2D eigenvalue weighted by atomic mass is 16.6. The van der Waals surface area contributed by atoms with Crippen molar-refractivity contribution in [3.8, 4) is 0 Å². The molecule has 5 N–H and O–H groups in total. The number of aliphatic hydroxyl groups excluding tert-OH is 2. The van der Waals surface area contributed by atoms with Gasteiger partial charge in [0, 0.05) is 67.8 Å². The molecule has 0 radical (unpaired) electrons. The normalized spacial score (nSPS) is 30.1. The van der Waals surface area contributed by atoms with Crippen molar-refractivity contribution in [2.24, 2.45) is 29.6 Å². The molecule has 6 rings (SSSR count). The van der Waals surface area contributed by atoms with Gasteiger partial charge >= 0.3 is 5.97 Å². The highest BCUT2D eigenvalue weighted by molar-refractivity contribution is 6.01. The Labute approximate surface area is 603 Å². The fourth-order valence-electron chi connectivity index (χ4n) is 15.6. The lowest BCUT2D eigenvalue weighted by Crippen LogP contribution is -2.64. The third-order valence-corrected chi connectivity index (χ3v) is 21.8. The van der Waals surface area contributed by atoms with Gasteiger partial charge in [-0.05, 0) is 120 Å². The van der Waals surface area contributed by atoms with Gasteiger partial charge in [0.15, 0.2) is 6.10 Å². The van der Waals surface area contributed by atoms with Crippen LogP contribution in [-0.2, 0) is 73.5 Å². The minimum absolute atomic E-state index is 0.0803. The maximum absolute atomic E-state index is 15.5. The van der Waals surface area contributed by atoms with Gasteiger partial charge in [0.25, 0.3) is 5.91 Å². The summed E-state index contributed by atoms with van der Waals surface area (Å²) in [7, 11) is 6.79. The van der Waals surface area contributed by atoms with Crippen LogP contribution in [0.15, 0.2) is 30.3 Å². The van der Waals surface area contributed by atoms with E-state index >= 15 is 33.6 Å². The second kappa shape index (κ2) is 36.6. The van der Waals surface area contributed by atoms with Gasteiger partial charge in [0.1, 0.15) is 72.5 Å². The average molecular weight is 1430 g/mol. The highest BCUT2D eigenvalue weighted by Crippen LogP contribution is 2.31. The molecule has 0 aromatic heterocycles. The Morgan fingerprint density at radius 1 is 0.402 bits per heavy atom.